The van der Waals surface area contributed by atoms with Crippen LogP contribution < -0.4 is 10.5 Å². The van der Waals surface area contributed by atoms with E-state index >= 15 is 0 Å². The van der Waals surface area contributed by atoms with Gasteiger partial charge in [-0.1, -0.05) is 6.92 Å². The summed E-state index contributed by atoms with van der Waals surface area (Å²) in [6.45, 7) is 4.77. The molecule has 8 heteroatoms. The van der Waals surface area contributed by atoms with Gasteiger partial charge in [-0.15, -0.1) is 11.3 Å². The lowest BCUT2D eigenvalue weighted by atomic mass is 9.89. The third-order valence-corrected chi connectivity index (χ3v) is 7.57. The first-order chi connectivity index (χ1) is 15.0. The lowest BCUT2D eigenvalue weighted by Crippen LogP contribution is -2.50. The Hall–Kier alpha value is -2.74. The molecule has 1 unspecified atom stereocenters. The third kappa shape index (κ3) is 3.84. The van der Waals surface area contributed by atoms with Crippen LogP contribution in [-0.2, 0) is 24.2 Å². The van der Waals surface area contributed by atoms with E-state index in [-0.39, 0.29) is 23.8 Å². The number of fused-ring (bicyclic) bond motifs is 3. The van der Waals surface area contributed by atoms with E-state index in [2.05, 4.69) is 16.8 Å². The lowest BCUT2D eigenvalue weighted by molar-refractivity contribution is -0.132. The molecule has 3 aromatic rings. The number of carbonyl (C=O) groups is 1. The van der Waals surface area contributed by atoms with Crippen molar-refractivity contribution < 1.29 is 9.18 Å². The van der Waals surface area contributed by atoms with Gasteiger partial charge < -0.3 is 9.80 Å². The molecule has 1 aliphatic heterocycles. The van der Waals surface area contributed by atoms with Gasteiger partial charge in [-0.25, -0.2) is 9.37 Å². The summed E-state index contributed by atoms with van der Waals surface area (Å²) in [5.41, 5.74) is 2.00. The van der Waals surface area contributed by atoms with E-state index in [0.29, 0.717) is 37.5 Å². The second-order valence-electron chi connectivity index (χ2n) is 8.55. The molecular formula is C23H25FN4O2S. The minimum Gasteiger partial charge on any atom is -0.368 e. The van der Waals surface area contributed by atoms with Crippen molar-refractivity contribution in [2.24, 2.45) is 5.92 Å². The molecule has 162 valence electrons. The Morgan fingerprint density at radius 2 is 1.94 bits per heavy atom. The predicted octanol–water partition coefficient (Wildman–Crippen LogP) is 3.07. The minimum absolute atomic E-state index is 0.0132. The number of hydrogen-bond acceptors (Lipinski definition) is 5. The van der Waals surface area contributed by atoms with Gasteiger partial charge >= 0.3 is 0 Å². The molecule has 0 saturated carbocycles. The molecule has 31 heavy (non-hydrogen) atoms. The molecule has 3 heterocycles. The van der Waals surface area contributed by atoms with E-state index in [0.717, 1.165) is 35.3 Å². The molecule has 0 bridgehead atoms. The zero-order chi connectivity index (χ0) is 21.5. The molecule has 5 rings (SSSR count). The van der Waals surface area contributed by atoms with Crippen LogP contribution in [-0.4, -0.2) is 46.5 Å². The number of rotatable bonds is 3. The smallest absolute Gasteiger partial charge is 0.262 e. The van der Waals surface area contributed by atoms with Crippen molar-refractivity contribution in [3.63, 3.8) is 0 Å². The van der Waals surface area contributed by atoms with Crippen LogP contribution >= 0.6 is 11.3 Å². The van der Waals surface area contributed by atoms with E-state index in [4.69, 9.17) is 0 Å². The van der Waals surface area contributed by atoms with Crippen molar-refractivity contribution in [1.82, 2.24) is 14.5 Å². The molecule has 0 radical (unpaired) electrons. The van der Waals surface area contributed by atoms with Crippen LogP contribution in [0.15, 0.2) is 35.4 Å². The fourth-order valence-corrected chi connectivity index (χ4v) is 5.93. The molecule has 1 saturated heterocycles. The number of nitrogens with zero attached hydrogens (tertiary/aromatic N) is 4. The van der Waals surface area contributed by atoms with E-state index in [1.807, 2.05) is 0 Å². The fraction of sp³-hybridized carbons (Fsp3) is 0.435. The average molecular weight is 441 g/mol. The normalized spacial score (nSPS) is 19.0. The topological polar surface area (TPSA) is 58.4 Å². The number of anilines is 1. The average Bonchev–Trinajstić information content (AvgIpc) is 3.14. The molecule has 6 nitrogen and oxygen atoms in total. The molecule has 2 aromatic heterocycles. The van der Waals surface area contributed by atoms with Crippen LogP contribution in [0.3, 0.4) is 0 Å². The number of amides is 1. The van der Waals surface area contributed by atoms with E-state index in [1.54, 1.807) is 28.4 Å². The van der Waals surface area contributed by atoms with Crippen LogP contribution in [0, 0.1) is 11.7 Å². The number of hydrogen-bond donors (Lipinski definition) is 0. The number of thiophene rings is 1. The summed E-state index contributed by atoms with van der Waals surface area (Å²) >= 11 is 1.62. The Morgan fingerprint density at radius 3 is 2.68 bits per heavy atom. The van der Waals surface area contributed by atoms with E-state index < -0.39 is 0 Å². The number of halogens is 1. The van der Waals surface area contributed by atoms with Gasteiger partial charge in [-0.3, -0.25) is 14.2 Å². The van der Waals surface area contributed by atoms with Crippen molar-refractivity contribution >= 4 is 33.1 Å². The van der Waals surface area contributed by atoms with Crippen molar-refractivity contribution in [2.75, 3.05) is 31.1 Å². The fourth-order valence-electron chi connectivity index (χ4n) is 4.59. The molecule has 1 amide bonds. The maximum Gasteiger partial charge on any atom is 0.262 e. The Balaban J connectivity index is 1.29. The van der Waals surface area contributed by atoms with E-state index in [9.17, 15) is 14.0 Å². The monoisotopic (exact) mass is 440 g/mol. The highest BCUT2D eigenvalue weighted by Gasteiger charge is 2.25. The largest absolute Gasteiger partial charge is 0.368 e. The molecular weight excluding hydrogens is 415 g/mol. The lowest BCUT2D eigenvalue weighted by Gasteiger charge is -2.36. The Labute approximate surface area is 183 Å². The van der Waals surface area contributed by atoms with Crippen LogP contribution in [0.25, 0.3) is 10.2 Å². The first kappa shape index (κ1) is 20.2. The number of piperazine rings is 1. The molecule has 1 atom stereocenters. The molecule has 1 fully saturated rings. The third-order valence-electron chi connectivity index (χ3n) is 6.41. The van der Waals surface area contributed by atoms with Crippen molar-refractivity contribution in [3.05, 3.63) is 57.2 Å². The highest BCUT2D eigenvalue weighted by Crippen LogP contribution is 2.35. The summed E-state index contributed by atoms with van der Waals surface area (Å²) in [7, 11) is 0. The molecule has 0 spiro atoms. The summed E-state index contributed by atoms with van der Waals surface area (Å²) in [5.74, 6) is 0.313. The highest BCUT2D eigenvalue weighted by molar-refractivity contribution is 7.18. The van der Waals surface area contributed by atoms with Gasteiger partial charge in [0.1, 0.15) is 17.2 Å². The van der Waals surface area contributed by atoms with Crippen molar-refractivity contribution in [1.29, 1.82) is 0 Å². The Kier molecular flexibility index (Phi) is 5.25. The van der Waals surface area contributed by atoms with Crippen molar-refractivity contribution in [2.45, 2.75) is 32.7 Å². The van der Waals surface area contributed by atoms with Gasteiger partial charge in [-0.05, 0) is 55.0 Å². The van der Waals surface area contributed by atoms with Gasteiger partial charge in [-0.2, -0.15) is 0 Å². The van der Waals surface area contributed by atoms with Gasteiger partial charge in [0.2, 0.25) is 5.91 Å². The maximum atomic E-state index is 13.1. The first-order valence-corrected chi connectivity index (χ1v) is 11.6. The van der Waals surface area contributed by atoms with Gasteiger partial charge in [0, 0.05) is 36.7 Å². The summed E-state index contributed by atoms with van der Waals surface area (Å²) in [4.78, 5) is 36.5. The summed E-state index contributed by atoms with van der Waals surface area (Å²) in [6.07, 6.45) is 4.52. The Morgan fingerprint density at radius 1 is 1.19 bits per heavy atom. The molecule has 0 N–H and O–H groups in total. The van der Waals surface area contributed by atoms with Crippen LogP contribution in [0.2, 0.25) is 0 Å². The van der Waals surface area contributed by atoms with Gasteiger partial charge in [0.15, 0.2) is 0 Å². The van der Waals surface area contributed by atoms with E-state index in [1.165, 1.54) is 27.9 Å². The van der Waals surface area contributed by atoms with Crippen LogP contribution in [0.5, 0.6) is 0 Å². The Bertz CT molecular complexity index is 1180. The highest BCUT2D eigenvalue weighted by atomic mass is 32.1. The molecule has 1 aromatic carbocycles. The number of benzene rings is 1. The summed E-state index contributed by atoms with van der Waals surface area (Å²) in [6, 6.07) is 6.42. The second-order valence-corrected chi connectivity index (χ2v) is 9.64. The van der Waals surface area contributed by atoms with Gasteiger partial charge in [0.25, 0.3) is 5.56 Å². The molecule has 1 aliphatic carbocycles. The quantitative estimate of drug-likeness (QED) is 0.628. The standard InChI is InChI=1S/C23H25FN4O2S/c1-15-2-7-18-19(12-15)31-22-21(18)23(30)28(14-25-22)13-20(29)27-10-8-26(9-11-27)17-5-3-16(24)4-6-17/h3-6,14-15H,2,7-13H2,1H3. The number of aromatic nitrogens is 2. The van der Waals surface area contributed by atoms with Crippen LogP contribution in [0.4, 0.5) is 10.1 Å². The zero-order valence-electron chi connectivity index (χ0n) is 17.5. The first-order valence-electron chi connectivity index (χ1n) is 10.8. The van der Waals surface area contributed by atoms with Crippen molar-refractivity contribution in [3.8, 4) is 0 Å². The predicted molar refractivity (Wildman–Crippen MR) is 120 cm³/mol. The second kappa shape index (κ2) is 8.07. The van der Waals surface area contributed by atoms with Crippen LogP contribution in [0.1, 0.15) is 23.8 Å². The summed E-state index contributed by atoms with van der Waals surface area (Å²) in [5, 5.41) is 0.711. The minimum atomic E-state index is -0.255. The van der Waals surface area contributed by atoms with Gasteiger partial charge in [0.05, 0.1) is 11.7 Å². The zero-order valence-corrected chi connectivity index (χ0v) is 18.3. The molecule has 2 aliphatic rings. The maximum absolute atomic E-state index is 13.1. The SMILES string of the molecule is CC1CCc2c(sc3ncn(CC(=O)N4CCN(c5ccc(F)cc5)CC4)c(=O)c23)C1. The summed E-state index contributed by atoms with van der Waals surface area (Å²) < 4.78 is 14.6. The number of aryl methyl sites for hydroxylation is 1. The number of carbonyl (C=O) groups excluding carboxylic acids is 1.